The third-order valence-electron chi connectivity index (χ3n) is 1.44. The molecule has 0 unspecified atom stereocenters. The van der Waals surface area contributed by atoms with E-state index in [1.54, 1.807) is 12.2 Å². The SMILES string of the molecule is CC(C)/C=C/C(=O)OC(=O)/C=C/C(C)C. The van der Waals surface area contributed by atoms with Crippen LogP contribution in [0.1, 0.15) is 27.7 Å². The van der Waals surface area contributed by atoms with Gasteiger partial charge < -0.3 is 4.74 Å². The van der Waals surface area contributed by atoms with Gasteiger partial charge in [0.25, 0.3) is 0 Å². The van der Waals surface area contributed by atoms with Crippen molar-refractivity contribution < 1.29 is 14.3 Å². The Hall–Kier alpha value is -1.38. The Balaban J connectivity index is 4.03. The molecular formula is C12H18O3. The summed E-state index contributed by atoms with van der Waals surface area (Å²) in [6.45, 7) is 7.74. The summed E-state index contributed by atoms with van der Waals surface area (Å²) in [5.41, 5.74) is 0. The molecule has 3 heteroatoms. The first-order valence-corrected chi connectivity index (χ1v) is 5.04. The summed E-state index contributed by atoms with van der Waals surface area (Å²) in [4.78, 5) is 22.1. The minimum Gasteiger partial charge on any atom is -0.387 e. The molecule has 0 atom stereocenters. The fraction of sp³-hybridized carbons (Fsp3) is 0.500. The van der Waals surface area contributed by atoms with Gasteiger partial charge in [-0.1, -0.05) is 39.8 Å². The third-order valence-corrected chi connectivity index (χ3v) is 1.44. The molecule has 15 heavy (non-hydrogen) atoms. The standard InChI is InChI=1S/C12H18O3/c1-9(2)5-7-11(13)15-12(14)8-6-10(3)4/h5-10H,1-4H3/b7-5+,8-6+. The number of allylic oxidation sites excluding steroid dienone is 2. The zero-order chi connectivity index (χ0) is 11.8. The molecule has 0 aromatic heterocycles. The monoisotopic (exact) mass is 210 g/mol. The molecule has 0 fully saturated rings. The van der Waals surface area contributed by atoms with E-state index in [1.165, 1.54) is 12.2 Å². The van der Waals surface area contributed by atoms with Crippen molar-refractivity contribution in [3.63, 3.8) is 0 Å². The predicted octanol–water partition coefficient (Wildman–Crippen LogP) is 2.48. The van der Waals surface area contributed by atoms with E-state index in [4.69, 9.17) is 0 Å². The molecule has 0 saturated heterocycles. The van der Waals surface area contributed by atoms with Crippen LogP contribution in [0.5, 0.6) is 0 Å². The minimum absolute atomic E-state index is 0.263. The second kappa shape index (κ2) is 6.98. The molecule has 0 aliphatic rings. The molecule has 0 aliphatic carbocycles. The number of carbonyl (C=O) groups excluding carboxylic acids is 2. The predicted molar refractivity (Wildman–Crippen MR) is 59.1 cm³/mol. The second-order valence-electron chi connectivity index (χ2n) is 3.95. The van der Waals surface area contributed by atoms with E-state index >= 15 is 0 Å². The lowest BCUT2D eigenvalue weighted by atomic mass is 10.2. The highest BCUT2D eigenvalue weighted by Crippen LogP contribution is 1.96. The van der Waals surface area contributed by atoms with Crippen molar-refractivity contribution in [2.24, 2.45) is 11.8 Å². The van der Waals surface area contributed by atoms with Crippen molar-refractivity contribution in [2.75, 3.05) is 0 Å². The second-order valence-corrected chi connectivity index (χ2v) is 3.95. The zero-order valence-electron chi connectivity index (χ0n) is 9.69. The molecule has 0 saturated carbocycles. The lowest BCUT2D eigenvalue weighted by Crippen LogP contribution is -2.07. The Morgan fingerprint density at radius 3 is 1.47 bits per heavy atom. The average Bonchev–Trinajstić information content (AvgIpc) is 2.11. The van der Waals surface area contributed by atoms with E-state index in [1.807, 2.05) is 27.7 Å². The summed E-state index contributed by atoms with van der Waals surface area (Å²) < 4.78 is 4.50. The number of ether oxygens (including phenoxy) is 1. The van der Waals surface area contributed by atoms with E-state index in [-0.39, 0.29) is 11.8 Å². The van der Waals surface area contributed by atoms with Gasteiger partial charge >= 0.3 is 11.9 Å². The van der Waals surface area contributed by atoms with Gasteiger partial charge in [0.05, 0.1) is 0 Å². The van der Waals surface area contributed by atoms with Crippen LogP contribution in [0.25, 0.3) is 0 Å². The van der Waals surface area contributed by atoms with E-state index < -0.39 is 11.9 Å². The van der Waals surface area contributed by atoms with Crippen LogP contribution >= 0.6 is 0 Å². The summed E-state index contributed by atoms with van der Waals surface area (Å²) in [7, 11) is 0. The minimum atomic E-state index is -0.623. The van der Waals surface area contributed by atoms with Crippen molar-refractivity contribution in [3.05, 3.63) is 24.3 Å². The Labute approximate surface area is 90.8 Å². The fourth-order valence-corrected chi connectivity index (χ4v) is 0.709. The molecule has 0 rings (SSSR count). The fourth-order valence-electron chi connectivity index (χ4n) is 0.709. The molecule has 0 radical (unpaired) electrons. The van der Waals surface area contributed by atoms with E-state index in [0.29, 0.717) is 0 Å². The van der Waals surface area contributed by atoms with Crippen molar-refractivity contribution >= 4 is 11.9 Å². The first kappa shape index (κ1) is 13.6. The Kier molecular flexibility index (Phi) is 6.34. The highest BCUT2D eigenvalue weighted by atomic mass is 16.6. The molecule has 0 heterocycles. The number of hydrogen-bond donors (Lipinski definition) is 0. The normalized spacial score (nSPS) is 11.9. The molecule has 0 spiro atoms. The summed E-state index contributed by atoms with van der Waals surface area (Å²) >= 11 is 0. The third kappa shape index (κ3) is 8.94. The molecule has 84 valence electrons. The highest BCUT2D eigenvalue weighted by molar-refractivity contribution is 5.96. The molecule has 0 amide bonds. The van der Waals surface area contributed by atoms with Crippen molar-refractivity contribution in [2.45, 2.75) is 27.7 Å². The maximum absolute atomic E-state index is 11.0. The van der Waals surface area contributed by atoms with Gasteiger partial charge in [-0.25, -0.2) is 9.59 Å². The zero-order valence-corrected chi connectivity index (χ0v) is 9.69. The van der Waals surface area contributed by atoms with Crippen LogP contribution in [0.4, 0.5) is 0 Å². The van der Waals surface area contributed by atoms with Crippen LogP contribution < -0.4 is 0 Å². The van der Waals surface area contributed by atoms with E-state index in [9.17, 15) is 9.59 Å². The first-order chi connectivity index (χ1) is 6.91. The van der Waals surface area contributed by atoms with Gasteiger partial charge in [-0.3, -0.25) is 0 Å². The molecule has 0 bridgehead atoms. The molecule has 0 aliphatic heterocycles. The van der Waals surface area contributed by atoms with E-state index in [0.717, 1.165) is 0 Å². The lowest BCUT2D eigenvalue weighted by Gasteiger charge is -1.97. The summed E-state index contributed by atoms with van der Waals surface area (Å²) in [5.74, 6) is -0.720. The van der Waals surface area contributed by atoms with Crippen LogP contribution in [0.3, 0.4) is 0 Å². The smallest absolute Gasteiger partial charge is 0.338 e. The number of carbonyl (C=O) groups is 2. The molecular weight excluding hydrogens is 192 g/mol. The van der Waals surface area contributed by atoms with Crippen LogP contribution in [0.15, 0.2) is 24.3 Å². The van der Waals surface area contributed by atoms with E-state index in [2.05, 4.69) is 4.74 Å². The van der Waals surface area contributed by atoms with Crippen LogP contribution in [-0.4, -0.2) is 11.9 Å². The van der Waals surface area contributed by atoms with Gasteiger partial charge in [0.2, 0.25) is 0 Å². The Morgan fingerprint density at radius 2 is 1.20 bits per heavy atom. The topological polar surface area (TPSA) is 43.4 Å². The maximum atomic E-state index is 11.0. The Bertz CT molecular complexity index is 245. The molecule has 0 aromatic rings. The van der Waals surface area contributed by atoms with Gasteiger partial charge in [-0.2, -0.15) is 0 Å². The van der Waals surface area contributed by atoms with Crippen molar-refractivity contribution in [1.29, 1.82) is 0 Å². The van der Waals surface area contributed by atoms with Gasteiger partial charge in [0, 0.05) is 12.2 Å². The van der Waals surface area contributed by atoms with Gasteiger partial charge in [-0.05, 0) is 11.8 Å². The van der Waals surface area contributed by atoms with Gasteiger partial charge in [0.1, 0.15) is 0 Å². The van der Waals surface area contributed by atoms with Crippen LogP contribution in [0.2, 0.25) is 0 Å². The maximum Gasteiger partial charge on any atom is 0.338 e. The molecule has 0 N–H and O–H groups in total. The highest BCUT2D eigenvalue weighted by Gasteiger charge is 2.03. The van der Waals surface area contributed by atoms with Crippen LogP contribution in [0, 0.1) is 11.8 Å². The largest absolute Gasteiger partial charge is 0.387 e. The summed E-state index contributed by atoms with van der Waals surface area (Å²) in [5, 5.41) is 0. The van der Waals surface area contributed by atoms with Gasteiger partial charge in [0.15, 0.2) is 0 Å². The quantitative estimate of drug-likeness (QED) is 0.407. The first-order valence-electron chi connectivity index (χ1n) is 5.04. The molecule has 0 aromatic carbocycles. The lowest BCUT2D eigenvalue weighted by molar-refractivity contribution is -0.152. The average molecular weight is 210 g/mol. The number of rotatable bonds is 4. The Morgan fingerprint density at radius 1 is 0.867 bits per heavy atom. The van der Waals surface area contributed by atoms with Crippen molar-refractivity contribution in [1.82, 2.24) is 0 Å². The van der Waals surface area contributed by atoms with Crippen LogP contribution in [-0.2, 0) is 14.3 Å². The number of esters is 2. The van der Waals surface area contributed by atoms with Crippen molar-refractivity contribution in [3.8, 4) is 0 Å². The number of hydrogen-bond acceptors (Lipinski definition) is 3. The van der Waals surface area contributed by atoms with Gasteiger partial charge in [-0.15, -0.1) is 0 Å². The summed E-state index contributed by atoms with van der Waals surface area (Å²) in [6.07, 6.45) is 5.90. The molecule has 3 nitrogen and oxygen atoms in total. The summed E-state index contributed by atoms with van der Waals surface area (Å²) in [6, 6.07) is 0.